The third kappa shape index (κ3) is 3.47. The molecule has 0 bridgehead atoms. The molecule has 0 aliphatic heterocycles. The van der Waals surface area contributed by atoms with Gasteiger partial charge < -0.3 is 10.5 Å². The third-order valence-electron chi connectivity index (χ3n) is 3.65. The van der Waals surface area contributed by atoms with Gasteiger partial charge in [-0.05, 0) is 56.2 Å². The van der Waals surface area contributed by atoms with Gasteiger partial charge in [0.05, 0.1) is 6.10 Å². The summed E-state index contributed by atoms with van der Waals surface area (Å²) in [5.74, 6) is 1.84. The van der Waals surface area contributed by atoms with E-state index in [2.05, 4.69) is 19.1 Å². The first-order valence-electron chi connectivity index (χ1n) is 6.67. The Morgan fingerprint density at radius 1 is 1.24 bits per heavy atom. The Morgan fingerprint density at radius 3 is 2.59 bits per heavy atom. The number of nitrogens with two attached hydrogens (primary N) is 1. The molecule has 2 N–H and O–H groups in total. The predicted octanol–water partition coefficient (Wildman–Crippen LogP) is 3.66. The van der Waals surface area contributed by atoms with E-state index in [0.29, 0.717) is 6.10 Å². The number of rotatable bonds is 3. The van der Waals surface area contributed by atoms with Crippen molar-refractivity contribution in [2.24, 2.45) is 11.7 Å². The van der Waals surface area contributed by atoms with Crippen molar-refractivity contribution in [2.75, 3.05) is 0 Å². The Bertz CT molecular complexity index is 354. The van der Waals surface area contributed by atoms with Crippen LogP contribution in [0.5, 0.6) is 5.75 Å². The van der Waals surface area contributed by atoms with Gasteiger partial charge in [-0.25, -0.2) is 0 Å². The average molecular weight is 233 g/mol. The van der Waals surface area contributed by atoms with E-state index in [1.165, 1.54) is 25.7 Å². The highest BCUT2D eigenvalue weighted by Gasteiger charge is 2.19. The van der Waals surface area contributed by atoms with Crippen LogP contribution in [0, 0.1) is 5.92 Å². The van der Waals surface area contributed by atoms with E-state index in [0.717, 1.165) is 17.2 Å². The van der Waals surface area contributed by atoms with E-state index in [1.54, 1.807) is 0 Å². The van der Waals surface area contributed by atoms with E-state index >= 15 is 0 Å². The van der Waals surface area contributed by atoms with Crippen molar-refractivity contribution in [1.82, 2.24) is 0 Å². The van der Waals surface area contributed by atoms with E-state index < -0.39 is 0 Å². The van der Waals surface area contributed by atoms with Gasteiger partial charge >= 0.3 is 0 Å². The van der Waals surface area contributed by atoms with Crippen molar-refractivity contribution in [2.45, 2.75) is 51.7 Å². The molecule has 0 heterocycles. The van der Waals surface area contributed by atoms with Crippen molar-refractivity contribution < 1.29 is 4.74 Å². The lowest BCUT2D eigenvalue weighted by molar-refractivity contribution is 0.135. The van der Waals surface area contributed by atoms with Gasteiger partial charge in [-0.3, -0.25) is 0 Å². The van der Waals surface area contributed by atoms with Crippen molar-refractivity contribution in [3.05, 3.63) is 29.8 Å². The highest BCUT2D eigenvalue weighted by atomic mass is 16.5. The van der Waals surface area contributed by atoms with Crippen LogP contribution in [0.2, 0.25) is 0 Å². The Morgan fingerprint density at radius 2 is 1.94 bits per heavy atom. The van der Waals surface area contributed by atoms with Crippen molar-refractivity contribution in [3.63, 3.8) is 0 Å². The normalized spacial score (nSPS) is 26.5. The van der Waals surface area contributed by atoms with Crippen molar-refractivity contribution in [3.8, 4) is 5.75 Å². The Hall–Kier alpha value is -1.02. The highest BCUT2D eigenvalue weighted by molar-refractivity contribution is 5.30. The van der Waals surface area contributed by atoms with Crippen LogP contribution in [-0.4, -0.2) is 6.10 Å². The summed E-state index contributed by atoms with van der Waals surface area (Å²) in [6, 6.07) is 8.26. The minimum atomic E-state index is 0.0740. The van der Waals surface area contributed by atoms with Gasteiger partial charge in [0, 0.05) is 6.04 Å². The van der Waals surface area contributed by atoms with Gasteiger partial charge in [0.25, 0.3) is 0 Å². The van der Waals surface area contributed by atoms with Crippen molar-refractivity contribution >= 4 is 0 Å². The first kappa shape index (κ1) is 12.4. The van der Waals surface area contributed by atoms with Crippen LogP contribution in [0.4, 0.5) is 0 Å². The minimum absolute atomic E-state index is 0.0740. The lowest BCUT2D eigenvalue weighted by atomic mass is 9.89. The maximum atomic E-state index is 6.04. The molecule has 17 heavy (non-hydrogen) atoms. The first-order valence-corrected chi connectivity index (χ1v) is 6.67. The third-order valence-corrected chi connectivity index (χ3v) is 3.65. The van der Waals surface area contributed by atoms with Crippen LogP contribution in [0.1, 0.15) is 51.1 Å². The van der Waals surface area contributed by atoms with Gasteiger partial charge in [0.2, 0.25) is 0 Å². The Balaban J connectivity index is 1.96. The molecule has 0 amide bonds. The van der Waals surface area contributed by atoms with E-state index in [4.69, 9.17) is 10.5 Å². The summed E-state index contributed by atoms with van der Waals surface area (Å²) in [4.78, 5) is 0. The van der Waals surface area contributed by atoms with Gasteiger partial charge in [-0.15, -0.1) is 0 Å². The summed E-state index contributed by atoms with van der Waals surface area (Å²) >= 11 is 0. The standard InChI is InChI=1S/C15H23NO/c1-11-6-8-14(9-7-11)17-15-5-3-4-13(10-15)12(2)16/h3-5,10-12,14H,6-9,16H2,1-2H3/t11?,12-,14?/m0/s1. The smallest absolute Gasteiger partial charge is 0.120 e. The van der Waals surface area contributed by atoms with Crippen LogP contribution in [-0.2, 0) is 0 Å². The molecular formula is C15H23NO. The summed E-state index contributed by atoms with van der Waals surface area (Å²) in [5.41, 5.74) is 7.02. The Labute approximate surface area is 104 Å². The number of hydrogen-bond donors (Lipinski definition) is 1. The first-order chi connectivity index (χ1) is 8.15. The van der Waals surface area contributed by atoms with E-state index in [1.807, 2.05) is 19.1 Å². The molecule has 1 fully saturated rings. The molecule has 0 saturated heterocycles. The summed E-state index contributed by atoms with van der Waals surface area (Å²) < 4.78 is 6.04. The molecule has 1 aliphatic rings. The molecule has 94 valence electrons. The molecule has 1 aliphatic carbocycles. The molecule has 1 aromatic rings. The number of hydrogen-bond acceptors (Lipinski definition) is 2. The highest BCUT2D eigenvalue weighted by Crippen LogP contribution is 2.27. The van der Waals surface area contributed by atoms with Gasteiger partial charge in [0.1, 0.15) is 5.75 Å². The minimum Gasteiger partial charge on any atom is -0.490 e. The topological polar surface area (TPSA) is 35.2 Å². The molecule has 2 rings (SSSR count). The maximum Gasteiger partial charge on any atom is 0.120 e. The van der Waals surface area contributed by atoms with E-state index in [9.17, 15) is 0 Å². The number of ether oxygens (including phenoxy) is 1. The second-order valence-electron chi connectivity index (χ2n) is 5.36. The molecule has 0 aromatic heterocycles. The van der Waals surface area contributed by atoms with Gasteiger partial charge in [0.15, 0.2) is 0 Å². The lowest BCUT2D eigenvalue weighted by Crippen LogP contribution is -2.23. The quantitative estimate of drug-likeness (QED) is 0.864. The fourth-order valence-electron chi connectivity index (χ4n) is 2.41. The van der Waals surface area contributed by atoms with Crippen LogP contribution in [0.15, 0.2) is 24.3 Å². The summed E-state index contributed by atoms with van der Waals surface area (Å²) in [5, 5.41) is 0. The lowest BCUT2D eigenvalue weighted by Gasteiger charge is -2.27. The van der Waals surface area contributed by atoms with Gasteiger partial charge in [-0.2, -0.15) is 0 Å². The molecule has 1 atom stereocenters. The molecule has 1 aromatic carbocycles. The largest absolute Gasteiger partial charge is 0.490 e. The second kappa shape index (κ2) is 5.54. The van der Waals surface area contributed by atoms with Crippen molar-refractivity contribution in [1.29, 1.82) is 0 Å². The Kier molecular flexibility index (Phi) is 4.06. The molecule has 0 spiro atoms. The molecule has 1 saturated carbocycles. The fourth-order valence-corrected chi connectivity index (χ4v) is 2.41. The molecule has 0 unspecified atom stereocenters. The van der Waals surface area contributed by atoms with Gasteiger partial charge in [-0.1, -0.05) is 19.1 Å². The zero-order valence-corrected chi connectivity index (χ0v) is 10.9. The van der Waals surface area contributed by atoms with E-state index in [-0.39, 0.29) is 6.04 Å². The molecule has 2 nitrogen and oxygen atoms in total. The fraction of sp³-hybridized carbons (Fsp3) is 0.600. The predicted molar refractivity (Wildman–Crippen MR) is 71.1 cm³/mol. The van der Waals surface area contributed by atoms with Crippen LogP contribution >= 0.6 is 0 Å². The molecular weight excluding hydrogens is 210 g/mol. The summed E-state index contributed by atoms with van der Waals surface area (Å²) in [6.07, 6.45) is 5.34. The molecule has 0 radical (unpaired) electrons. The maximum absolute atomic E-state index is 6.04. The van der Waals surface area contributed by atoms with Crippen LogP contribution < -0.4 is 10.5 Å². The summed E-state index contributed by atoms with van der Waals surface area (Å²) in [7, 11) is 0. The number of benzene rings is 1. The zero-order valence-electron chi connectivity index (χ0n) is 10.9. The summed E-state index contributed by atoms with van der Waals surface area (Å²) in [6.45, 7) is 4.33. The monoisotopic (exact) mass is 233 g/mol. The average Bonchev–Trinajstić information content (AvgIpc) is 2.32. The van der Waals surface area contributed by atoms with Crippen LogP contribution in [0.3, 0.4) is 0 Å². The zero-order chi connectivity index (χ0) is 12.3. The second-order valence-corrected chi connectivity index (χ2v) is 5.36. The molecule has 2 heteroatoms. The van der Waals surface area contributed by atoms with Crippen LogP contribution in [0.25, 0.3) is 0 Å². The SMILES string of the molecule is CC1CCC(Oc2cccc([C@H](C)N)c2)CC1.